The van der Waals surface area contributed by atoms with Gasteiger partial charge in [-0.2, -0.15) is 0 Å². The van der Waals surface area contributed by atoms with E-state index in [-0.39, 0.29) is 16.2 Å². The highest BCUT2D eigenvalue weighted by molar-refractivity contribution is 5.93. The van der Waals surface area contributed by atoms with Crippen molar-refractivity contribution in [2.75, 3.05) is 0 Å². The van der Waals surface area contributed by atoms with Gasteiger partial charge in [-0.1, -0.05) is 79.4 Å². The lowest BCUT2D eigenvalue weighted by Gasteiger charge is -2.62. The summed E-state index contributed by atoms with van der Waals surface area (Å²) in [4.78, 5) is 13.4. The van der Waals surface area contributed by atoms with Crippen LogP contribution in [-0.4, -0.2) is 5.78 Å². The van der Waals surface area contributed by atoms with Crippen molar-refractivity contribution in [1.29, 1.82) is 0 Å². The molecule has 0 aromatic rings. The van der Waals surface area contributed by atoms with Crippen molar-refractivity contribution in [3.8, 4) is 0 Å². The lowest BCUT2D eigenvalue weighted by molar-refractivity contribution is -0.145. The Hall–Kier alpha value is -0.590. The van der Waals surface area contributed by atoms with Crippen LogP contribution in [0.5, 0.6) is 0 Å². The van der Waals surface area contributed by atoms with E-state index in [4.69, 9.17) is 0 Å². The number of carbonyl (C=O) groups is 1. The molecule has 7 atom stereocenters. The molecule has 0 aromatic heterocycles. The second-order valence-corrected chi connectivity index (χ2v) is 14.7. The lowest BCUT2D eigenvalue weighted by Crippen LogP contribution is -2.57. The summed E-state index contributed by atoms with van der Waals surface area (Å²) >= 11 is 0. The van der Waals surface area contributed by atoms with Crippen molar-refractivity contribution in [1.82, 2.24) is 0 Å². The summed E-state index contributed by atoms with van der Waals surface area (Å²) in [7, 11) is 0. The molecule has 0 aliphatic heterocycles. The number of ketones is 1. The van der Waals surface area contributed by atoms with Crippen molar-refractivity contribution < 1.29 is 4.79 Å². The minimum atomic E-state index is -0.300. The van der Waals surface area contributed by atoms with E-state index in [1.54, 1.807) is 0 Å². The first-order valence-corrected chi connectivity index (χ1v) is 14.0. The second-order valence-electron chi connectivity index (χ2n) is 14.7. The number of carbonyl (C=O) groups excluding carboxylic acids is 1. The normalized spacial score (nSPS) is 43.3. The molecule has 3 fully saturated rings. The van der Waals surface area contributed by atoms with Crippen molar-refractivity contribution in [3.63, 3.8) is 0 Å². The van der Waals surface area contributed by atoms with Crippen LogP contribution in [0.25, 0.3) is 0 Å². The molecule has 0 amide bonds. The quantitative estimate of drug-likeness (QED) is 0.390. The van der Waals surface area contributed by atoms with Crippen LogP contribution in [0.1, 0.15) is 120 Å². The molecule has 0 bridgehead atoms. The Morgan fingerprint density at radius 1 is 0.938 bits per heavy atom. The minimum Gasteiger partial charge on any atom is -0.298 e. The average molecular weight is 441 g/mol. The topological polar surface area (TPSA) is 17.1 Å². The maximum absolute atomic E-state index is 13.4. The van der Waals surface area contributed by atoms with Crippen LogP contribution >= 0.6 is 0 Å². The summed E-state index contributed by atoms with van der Waals surface area (Å²) in [5.74, 6) is 5.57. The smallest absolute Gasteiger partial charge is 0.148 e. The zero-order valence-electron chi connectivity index (χ0n) is 22.8. The maximum atomic E-state index is 13.4. The van der Waals surface area contributed by atoms with Gasteiger partial charge in [0, 0.05) is 10.8 Å². The van der Waals surface area contributed by atoms with Gasteiger partial charge in [0.2, 0.25) is 0 Å². The fourth-order valence-corrected chi connectivity index (χ4v) is 10.3. The molecular weight excluding hydrogens is 388 g/mol. The third-order valence-electron chi connectivity index (χ3n) is 11.3. The Labute approximate surface area is 199 Å². The first kappa shape index (κ1) is 24.5. The number of fused-ring (bicyclic) bond motifs is 5. The Morgan fingerprint density at radius 2 is 1.62 bits per heavy atom. The van der Waals surface area contributed by atoms with Crippen LogP contribution in [-0.2, 0) is 4.79 Å². The maximum Gasteiger partial charge on any atom is 0.148 e. The van der Waals surface area contributed by atoms with Gasteiger partial charge >= 0.3 is 0 Å². The monoisotopic (exact) mass is 440 g/mol. The molecule has 4 aliphatic carbocycles. The van der Waals surface area contributed by atoms with Crippen LogP contribution < -0.4 is 0 Å². The SMILES string of the molecule is CC(C)CCC[C@@H](C)[C@@H]1CC[C@@H]2[C@H]3CC=C4C(C)(C)C(=O)C(C)(C)C[C@]4(C)[C@@H]3CC[C@@]21C. The lowest BCUT2D eigenvalue weighted by atomic mass is 9.41. The fraction of sp³-hybridized carbons (Fsp3) is 0.903. The third kappa shape index (κ3) is 3.58. The number of Topliss-reactive ketones (excluding diaryl/α,β-unsaturated/α-hetero) is 1. The Bertz CT molecular complexity index is 769. The number of hydrogen-bond donors (Lipinski definition) is 0. The molecule has 0 saturated heterocycles. The predicted molar refractivity (Wildman–Crippen MR) is 136 cm³/mol. The molecule has 0 spiro atoms. The zero-order valence-corrected chi connectivity index (χ0v) is 22.8. The van der Waals surface area contributed by atoms with Gasteiger partial charge in [0.25, 0.3) is 0 Å². The van der Waals surface area contributed by atoms with Gasteiger partial charge in [0.1, 0.15) is 5.78 Å². The number of hydrogen-bond acceptors (Lipinski definition) is 1. The minimum absolute atomic E-state index is 0.201. The van der Waals surface area contributed by atoms with E-state index in [1.807, 2.05) is 0 Å². The van der Waals surface area contributed by atoms with Crippen LogP contribution in [0.3, 0.4) is 0 Å². The molecule has 0 aromatic carbocycles. The van der Waals surface area contributed by atoms with E-state index in [0.29, 0.717) is 11.2 Å². The fourth-order valence-electron chi connectivity index (χ4n) is 10.3. The van der Waals surface area contributed by atoms with Gasteiger partial charge in [-0.05, 0) is 98.7 Å². The van der Waals surface area contributed by atoms with Gasteiger partial charge in [-0.25, -0.2) is 0 Å². The summed E-state index contributed by atoms with van der Waals surface area (Å²) in [5, 5.41) is 0. The van der Waals surface area contributed by atoms with Crippen molar-refractivity contribution in [3.05, 3.63) is 11.6 Å². The van der Waals surface area contributed by atoms with Crippen LogP contribution in [0.15, 0.2) is 11.6 Å². The van der Waals surface area contributed by atoms with E-state index < -0.39 is 0 Å². The van der Waals surface area contributed by atoms with Crippen molar-refractivity contribution in [2.24, 2.45) is 57.2 Å². The average Bonchev–Trinajstić information content (AvgIpc) is 3.03. The van der Waals surface area contributed by atoms with E-state index in [1.165, 1.54) is 56.9 Å². The van der Waals surface area contributed by atoms with E-state index in [2.05, 4.69) is 68.4 Å². The zero-order chi connectivity index (χ0) is 23.7. The van der Waals surface area contributed by atoms with E-state index >= 15 is 0 Å². The first-order chi connectivity index (χ1) is 14.7. The van der Waals surface area contributed by atoms with Gasteiger partial charge < -0.3 is 0 Å². The molecule has 32 heavy (non-hydrogen) atoms. The summed E-state index contributed by atoms with van der Waals surface area (Å²) in [6.45, 7) is 21.4. The Balaban J connectivity index is 1.59. The molecule has 0 heterocycles. The van der Waals surface area contributed by atoms with E-state index in [9.17, 15) is 4.79 Å². The first-order valence-electron chi connectivity index (χ1n) is 14.0. The Kier molecular flexibility index (Phi) is 6.12. The van der Waals surface area contributed by atoms with Gasteiger partial charge in [0.15, 0.2) is 0 Å². The standard InChI is InChI=1S/C31H52O/c1-20(2)11-10-12-21(3)23-14-15-24-22-13-16-26-29(6,7)27(32)28(4,5)19-31(26,9)25(22)17-18-30(23,24)8/h16,20-25H,10-15,17-19H2,1-9H3/t21-,22-,23+,24-,25-,30-,31-/m1/s1. The van der Waals surface area contributed by atoms with E-state index in [0.717, 1.165) is 41.9 Å². The predicted octanol–water partition coefficient (Wildman–Crippen LogP) is 8.87. The second kappa shape index (κ2) is 7.98. The molecule has 4 rings (SSSR count). The van der Waals surface area contributed by atoms with Gasteiger partial charge in [-0.15, -0.1) is 0 Å². The molecule has 1 heteroatoms. The summed E-state index contributed by atoms with van der Waals surface area (Å²) in [6, 6.07) is 0. The summed E-state index contributed by atoms with van der Waals surface area (Å²) in [6.07, 6.45) is 14.7. The molecule has 182 valence electrons. The summed E-state index contributed by atoms with van der Waals surface area (Å²) in [5.41, 5.74) is 1.73. The highest BCUT2D eigenvalue weighted by Gasteiger charge is 2.63. The molecule has 3 saturated carbocycles. The molecule has 0 radical (unpaired) electrons. The van der Waals surface area contributed by atoms with Crippen molar-refractivity contribution in [2.45, 2.75) is 120 Å². The van der Waals surface area contributed by atoms with Gasteiger partial charge in [-0.3, -0.25) is 4.79 Å². The van der Waals surface area contributed by atoms with Crippen LogP contribution in [0.4, 0.5) is 0 Å². The molecule has 0 N–H and O–H groups in total. The van der Waals surface area contributed by atoms with Crippen LogP contribution in [0.2, 0.25) is 0 Å². The number of allylic oxidation sites excluding steroid dienone is 2. The highest BCUT2D eigenvalue weighted by Crippen LogP contribution is 2.70. The molecule has 0 unspecified atom stereocenters. The third-order valence-corrected chi connectivity index (χ3v) is 11.3. The highest BCUT2D eigenvalue weighted by atomic mass is 16.1. The summed E-state index contributed by atoms with van der Waals surface area (Å²) < 4.78 is 0. The molecule has 1 nitrogen and oxygen atoms in total. The van der Waals surface area contributed by atoms with Crippen molar-refractivity contribution >= 4 is 5.78 Å². The largest absolute Gasteiger partial charge is 0.298 e. The van der Waals surface area contributed by atoms with Crippen LogP contribution in [0, 0.1) is 57.2 Å². The van der Waals surface area contributed by atoms with Gasteiger partial charge in [0.05, 0.1) is 0 Å². The number of rotatable bonds is 5. The molecule has 4 aliphatic rings. The Morgan fingerprint density at radius 3 is 2.28 bits per heavy atom. The molecular formula is C31H52O.